The number of unbranched alkanes of at least 4 members (excludes halogenated alkanes) is 1. The first-order valence-electron chi connectivity index (χ1n) is 3.21. The summed E-state index contributed by atoms with van der Waals surface area (Å²) in [5.74, 6) is -1.68. The van der Waals surface area contributed by atoms with Crippen molar-refractivity contribution in [3.05, 3.63) is 6.42 Å². The fourth-order valence-corrected chi connectivity index (χ4v) is 0.570. The predicted octanol–water partition coefficient (Wildman–Crippen LogP) is 0.214. The van der Waals surface area contributed by atoms with E-state index in [1.807, 2.05) is 0 Å². The minimum atomic E-state index is -1.24. The highest BCUT2D eigenvalue weighted by atomic mass is 16.4. The fourth-order valence-electron chi connectivity index (χ4n) is 0.570. The molecule has 4 nitrogen and oxygen atoms in total. The van der Waals surface area contributed by atoms with Gasteiger partial charge in [-0.25, -0.2) is 0 Å². The molecule has 0 amide bonds. The van der Waals surface area contributed by atoms with E-state index >= 15 is 0 Å². The van der Waals surface area contributed by atoms with E-state index in [1.165, 1.54) is 0 Å². The molecule has 1 N–H and O–H groups in total. The molecule has 61 valence electrons. The summed E-state index contributed by atoms with van der Waals surface area (Å²) in [5, 5.41) is 8.09. The molecule has 4 heteroatoms. The topological polar surface area (TPSA) is 71.4 Å². The van der Waals surface area contributed by atoms with Crippen molar-refractivity contribution in [1.29, 1.82) is 0 Å². The number of carboxylic acids is 1. The summed E-state index contributed by atoms with van der Waals surface area (Å²) in [7, 11) is 0. The Morgan fingerprint density at radius 3 is 2.45 bits per heavy atom. The standard InChI is InChI=1S/C7H9O4/c8-4-2-1-3-6(9)5-7(10)11/h4-5H,1-3H2,(H,10,11). The Balaban J connectivity index is 3.37. The molecular formula is C7H9O4. The van der Waals surface area contributed by atoms with Crippen LogP contribution in [0.1, 0.15) is 19.3 Å². The molecule has 11 heavy (non-hydrogen) atoms. The van der Waals surface area contributed by atoms with Crippen LogP contribution < -0.4 is 0 Å². The van der Waals surface area contributed by atoms with Gasteiger partial charge in [-0.05, 0) is 6.42 Å². The van der Waals surface area contributed by atoms with E-state index in [2.05, 4.69) is 0 Å². The molecule has 0 aromatic heterocycles. The third-order valence-electron chi connectivity index (χ3n) is 1.03. The van der Waals surface area contributed by atoms with Gasteiger partial charge in [-0.3, -0.25) is 9.59 Å². The second-order valence-corrected chi connectivity index (χ2v) is 2.01. The molecule has 0 fully saturated rings. The Labute approximate surface area is 64.2 Å². The Hall–Kier alpha value is -1.19. The zero-order valence-electron chi connectivity index (χ0n) is 5.95. The Kier molecular flexibility index (Phi) is 4.98. The highest BCUT2D eigenvalue weighted by Gasteiger charge is 2.06. The van der Waals surface area contributed by atoms with E-state index in [9.17, 15) is 14.4 Å². The van der Waals surface area contributed by atoms with Crippen LogP contribution >= 0.6 is 0 Å². The monoisotopic (exact) mass is 157 g/mol. The van der Waals surface area contributed by atoms with Crippen molar-refractivity contribution in [3.63, 3.8) is 0 Å². The van der Waals surface area contributed by atoms with Gasteiger partial charge in [0.25, 0.3) is 0 Å². The van der Waals surface area contributed by atoms with Crippen LogP contribution in [-0.4, -0.2) is 23.1 Å². The van der Waals surface area contributed by atoms with Crippen LogP contribution in [0.2, 0.25) is 0 Å². The minimum absolute atomic E-state index is 0.130. The van der Waals surface area contributed by atoms with Gasteiger partial charge in [-0.1, -0.05) is 0 Å². The van der Waals surface area contributed by atoms with E-state index in [0.717, 1.165) is 0 Å². The Morgan fingerprint density at radius 1 is 1.36 bits per heavy atom. The summed E-state index contributed by atoms with van der Waals surface area (Å²) in [6.07, 6.45) is 2.18. The Morgan fingerprint density at radius 2 is 2.00 bits per heavy atom. The van der Waals surface area contributed by atoms with Crippen molar-refractivity contribution < 1.29 is 19.5 Å². The van der Waals surface area contributed by atoms with Gasteiger partial charge in [0.05, 0.1) is 0 Å². The lowest BCUT2D eigenvalue weighted by Crippen LogP contribution is -2.07. The quantitative estimate of drug-likeness (QED) is 0.340. The van der Waals surface area contributed by atoms with Crippen molar-refractivity contribution in [3.8, 4) is 0 Å². The maximum Gasteiger partial charge on any atom is 0.315 e. The molecule has 0 aliphatic heterocycles. The third kappa shape index (κ3) is 6.70. The molecule has 0 aliphatic carbocycles. The number of hydrogen-bond acceptors (Lipinski definition) is 3. The molecule has 0 saturated carbocycles. The SMILES string of the molecule is O=CCCCC(=O)[CH]C(=O)O. The smallest absolute Gasteiger partial charge is 0.315 e. The van der Waals surface area contributed by atoms with Crippen LogP contribution in [0.4, 0.5) is 0 Å². The van der Waals surface area contributed by atoms with E-state index < -0.39 is 11.8 Å². The zero-order valence-corrected chi connectivity index (χ0v) is 5.95. The molecule has 0 saturated heterocycles. The summed E-state index contributed by atoms with van der Waals surface area (Å²) in [5.41, 5.74) is 0. The summed E-state index contributed by atoms with van der Waals surface area (Å²) in [6, 6.07) is 0. The predicted molar refractivity (Wildman–Crippen MR) is 36.9 cm³/mol. The number of aldehydes is 1. The van der Waals surface area contributed by atoms with Crippen molar-refractivity contribution in [2.75, 3.05) is 0 Å². The Bertz CT molecular complexity index is 162. The van der Waals surface area contributed by atoms with Crippen molar-refractivity contribution in [2.45, 2.75) is 19.3 Å². The van der Waals surface area contributed by atoms with Gasteiger partial charge in [0.2, 0.25) is 0 Å². The molecule has 0 aromatic carbocycles. The number of carbonyl (C=O) groups is 3. The number of aliphatic carboxylic acids is 1. The molecule has 0 aliphatic rings. The van der Waals surface area contributed by atoms with Gasteiger partial charge in [-0.15, -0.1) is 0 Å². The average molecular weight is 157 g/mol. The molecule has 0 aromatic rings. The van der Waals surface area contributed by atoms with E-state index in [4.69, 9.17) is 5.11 Å². The van der Waals surface area contributed by atoms with Gasteiger partial charge >= 0.3 is 5.97 Å². The number of carbonyl (C=O) groups excluding carboxylic acids is 2. The van der Waals surface area contributed by atoms with E-state index in [1.54, 1.807) is 0 Å². The van der Waals surface area contributed by atoms with Crippen LogP contribution in [-0.2, 0) is 14.4 Å². The maximum absolute atomic E-state index is 10.6. The second-order valence-electron chi connectivity index (χ2n) is 2.01. The van der Waals surface area contributed by atoms with Gasteiger partial charge in [0.1, 0.15) is 18.5 Å². The van der Waals surface area contributed by atoms with E-state index in [-0.39, 0.29) is 6.42 Å². The van der Waals surface area contributed by atoms with Gasteiger partial charge in [0, 0.05) is 12.8 Å². The summed E-state index contributed by atoms with van der Waals surface area (Å²) in [6.45, 7) is 0. The van der Waals surface area contributed by atoms with Crippen LogP contribution in [0, 0.1) is 6.42 Å². The normalized spacial score (nSPS) is 9.09. The number of hydrogen-bond donors (Lipinski definition) is 1. The third-order valence-corrected chi connectivity index (χ3v) is 1.03. The lowest BCUT2D eigenvalue weighted by molar-refractivity contribution is -0.135. The maximum atomic E-state index is 10.6. The lowest BCUT2D eigenvalue weighted by atomic mass is 10.1. The van der Waals surface area contributed by atoms with Gasteiger partial charge in [-0.2, -0.15) is 0 Å². The average Bonchev–Trinajstić information content (AvgIpc) is 1.86. The highest BCUT2D eigenvalue weighted by molar-refractivity contribution is 6.06. The first-order chi connectivity index (χ1) is 5.16. The fraction of sp³-hybridized carbons (Fsp3) is 0.429. The summed E-state index contributed by atoms with van der Waals surface area (Å²) in [4.78, 5) is 30.2. The molecule has 0 bridgehead atoms. The molecule has 0 rings (SSSR count). The largest absolute Gasteiger partial charge is 0.481 e. The summed E-state index contributed by atoms with van der Waals surface area (Å²) >= 11 is 0. The molecule has 0 atom stereocenters. The number of carboxylic acid groups (broad SMARTS) is 1. The first kappa shape index (κ1) is 9.81. The molecular weight excluding hydrogens is 148 g/mol. The minimum Gasteiger partial charge on any atom is -0.481 e. The number of rotatable bonds is 6. The summed E-state index contributed by atoms with van der Waals surface area (Å²) < 4.78 is 0. The van der Waals surface area contributed by atoms with Crippen molar-refractivity contribution in [1.82, 2.24) is 0 Å². The van der Waals surface area contributed by atoms with Gasteiger partial charge in [0.15, 0.2) is 0 Å². The van der Waals surface area contributed by atoms with Crippen LogP contribution in [0.5, 0.6) is 0 Å². The molecule has 0 spiro atoms. The van der Waals surface area contributed by atoms with Crippen molar-refractivity contribution in [2.24, 2.45) is 0 Å². The lowest BCUT2D eigenvalue weighted by Gasteiger charge is -1.92. The zero-order chi connectivity index (χ0) is 8.69. The first-order valence-corrected chi connectivity index (χ1v) is 3.21. The van der Waals surface area contributed by atoms with E-state index in [0.29, 0.717) is 25.5 Å². The van der Waals surface area contributed by atoms with Crippen LogP contribution in [0.3, 0.4) is 0 Å². The van der Waals surface area contributed by atoms with Crippen LogP contribution in [0.25, 0.3) is 0 Å². The van der Waals surface area contributed by atoms with Crippen LogP contribution in [0.15, 0.2) is 0 Å². The van der Waals surface area contributed by atoms with Crippen molar-refractivity contribution >= 4 is 18.0 Å². The number of Topliss-reactive ketones (excluding diaryl/α,β-unsaturated/α-hetero) is 1. The number of ketones is 1. The van der Waals surface area contributed by atoms with Gasteiger partial charge < -0.3 is 9.90 Å². The molecule has 0 unspecified atom stereocenters. The molecule has 0 heterocycles. The molecule has 1 radical (unpaired) electrons. The second kappa shape index (κ2) is 5.58. The highest BCUT2D eigenvalue weighted by Crippen LogP contribution is 1.96.